The van der Waals surface area contributed by atoms with Crippen molar-refractivity contribution in [1.82, 2.24) is 9.88 Å². The van der Waals surface area contributed by atoms with Crippen molar-refractivity contribution < 1.29 is 9.84 Å². The van der Waals surface area contributed by atoms with Gasteiger partial charge in [-0.15, -0.1) is 0 Å². The van der Waals surface area contributed by atoms with E-state index in [4.69, 9.17) is 4.74 Å². The summed E-state index contributed by atoms with van der Waals surface area (Å²) in [6.07, 6.45) is 3.64. The fraction of sp³-hybridized carbons (Fsp3) is 0.318. The number of nitrogens with zero attached hydrogens (tertiary/aromatic N) is 1. The van der Waals surface area contributed by atoms with Gasteiger partial charge in [-0.3, -0.25) is 4.79 Å². The number of likely N-dealkylation sites (tertiary alicyclic amines) is 1. The van der Waals surface area contributed by atoms with Gasteiger partial charge in [0.05, 0.1) is 12.3 Å². The zero-order chi connectivity index (χ0) is 18.6. The molecule has 0 aliphatic carbocycles. The molecule has 2 N–H and O–H groups in total. The third-order valence-electron chi connectivity index (χ3n) is 5.11. The molecule has 1 aliphatic heterocycles. The Labute approximate surface area is 158 Å². The molecule has 1 aliphatic rings. The number of aromatic hydroxyl groups is 1. The van der Waals surface area contributed by atoms with E-state index in [1.807, 2.05) is 36.4 Å². The largest absolute Gasteiger partial charge is 0.503 e. The summed E-state index contributed by atoms with van der Waals surface area (Å²) >= 11 is 0. The van der Waals surface area contributed by atoms with Crippen LogP contribution in [0.15, 0.2) is 53.3 Å². The topological polar surface area (TPSA) is 65.6 Å². The molecule has 27 heavy (non-hydrogen) atoms. The van der Waals surface area contributed by atoms with Gasteiger partial charge in [-0.1, -0.05) is 12.1 Å². The highest BCUT2D eigenvalue weighted by Crippen LogP contribution is 2.28. The summed E-state index contributed by atoms with van der Waals surface area (Å²) < 4.78 is 5.82. The molecule has 2 aromatic carbocycles. The lowest BCUT2D eigenvalue weighted by Crippen LogP contribution is -2.21. The van der Waals surface area contributed by atoms with Crippen LogP contribution in [0.2, 0.25) is 0 Å². The van der Waals surface area contributed by atoms with E-state index >= 15 is 0 Å². The predicted octanol–water partition coefficient (Wildman–Crippen LogP) is 3.77. The molecule has 0 bridgehead atoms. The van der Waals surface area contributed by atoms with Crippen LogP contribution in [0.1, 0.15) is 19.3 Å². The highest BCUT2D eigenvalue weighted by molar-refractivity contribution is 5.84. The van der Waals surface area contributed by atoms with E-state index in [0.29, 0.717) is 23.2 Å². The molecule has 1 aromatic heterocycles. The quantitative estimate of drug-likeness (QED) is 0.654. The van der Waals surface area contributed by atoms with E-state index in [1.165, 1.54) is 25.9 Å². The second-order valence-electron chi connectivity index (χ2n) is 7.00. The van der Waals surface area contributed by atoms with E-state index < -0.39 is 0 Å². The number of rotatable bonds is 6. The predicted molar refractivity (Wildman–Crippen MR) is 107 cm³/mol. The molecular weight excluding hydrogens is 340 g/mol. The lowest BCUT2D eigenvalue weighted by atomic mass is 10.1. The van der Waals surface area contributed by atoms with Gasteiger partial charge in [0.1, 0.15) is 5.75 Å². The number of fused-ring (bicyclic) bond motifs is 1. The second-order valence-corrected chi connectivity index (χ2v) is 7.00. The summed E-state index contributed by atoms with van der Waals surface area (Å²) in [5, 5.41) is 10.8. The van der Waals surface area contributed by atoms with Crippen LogP contribution in [0.25, 0.3) is 22.2 Å². The maximum Gasteiger partial charge on any atom is 0.231 e. The monoisotopic (exact) mass is 364 g/mol. The normalized spacial score (nSPS) is 14.7. The minimum absolute atomic E-state index is 0.256. The van der Waals surface area contributed by atoms with Gasteiger partial charge < -0.3 is 19.7 Å². The average molecular weight is 364 g/mol. The zero-order valence-electron chi connectivity index (χ0n) is 15.3. The number of para-hydroxylation sites is 1. The van der Waals surface area contributed by atoms with Crippen LogP contribution in [0.3, 0.4) is 0 Å². The average Bonchev–Trinajstić information content (AvgIpc) is 3.22. The first kappa shape index (κ1) is 17.6. The van der Waals surface area contributed by atoms with Crippen LogP contribution in [0.5, 0.6) is 11.5 Å². The maximum absolute atomic E-state index is 12.4. The second kappa shape index (κ2) is 7.84. The number of pyridine rings is 1. The Morgan fingerprint density at radius 1 is 1.04 bits per heavy atom. The van der Waals surface area contributed by atoms with Gasteiger partial charge >= 0.3 is 0 Å². The van der Waals surface area contributed by atoms with Crippen molar-refractivity contribution in [2.45, 2.75) is 19.3 Å². The molecule has 3 aromatic rings. The SMILES string of the molecule is O=c1c(O)c(-c2ccc(OCCCN3CCCC3)cc2)[nH]c2ccccc12. The van der Waals surface area contributed by atoms with Crippen LogP contribution in [0.4, 0.5) is 0 Å². The van der Waals surface area contributed by atoms with Gasteiger partial charge in [0.2, 0.25) is 5.43 Å². The molecule has 1 fully saturated rings. The van der Waals surface area contributed by atoms with Crippen molar-refractivity contribution in [1.29, 1.82) is 0 Å². The number of ether oxygens (including phenoxy) is 1. The zero-order valence-corrected chi connectivity index (χ0v) is 15.3. The fourth-order valence-corrected chi connectivity index (χ4v) is 3.64. The number of aromatic amines is 1. The summed E-state index contributed by atoms with van der Waals surface area (Å²) in [5.74, 6) is 0.538. The Bertz CT molecular complexity index is 973. The molecule has 1 saturated heterocycles. The minimum atomic E-state index is -0.360. The summed E-state index contributed by atoms with van der Waals surface area (Å²) in [7, 11) is 0. The van der Waals surface area contributed by atoms with E-state index in [1.54, 1.807) is 12.1 Å². The molecule has 2 heterocycles. The van der Waals surface area contributed by atoms with E-state index in [0.717, 1.165) is 24.3 Å². The Morgan fingerprint density at radius 2 is 1.78 bits per heavy atom. The summed E-state index contributed by atoms with van der Waals surface area (Å²) in [6, 6.07) is 14.6. The van der Waals surface area contributed by atoms with Crippen LogP contribution in [-0.2, 0) is 0 Å². The fourth-order valence-electron chi connectivity index (χ4n) is 3.64. The van der Waals surface area contributed by atoms with Crippen LogP contribution in [0, 0.1) is 0 Å². The Balaban J connectivity index is 1.45. The van der Waals surface area contributed by atoms with Crippen molar-refractivity contribution >= 4 is 10.9 Å². The molecule has 0 atom stereocenters. The van der Waals surface area contributed by atoms with Crippen molar-refractivity contribution in [2.24, 2.45) is 0 Å². The lowest BCUT2D eigenvalue weighted by Gasteiger charge is -2.14. The van der Waals surface area contributed by atoms with E-state index in [-0.39, 0.29) is 11.2 Å². The molecule has 0 unspecified atom stereocenters. The highest BCUT2D eigenvalue weighted by Gasteiger charge is 2.13. The highest BCUT2D eigenvalue weighted by atomic mass is 16.5. The first-order valence-corrected chi connectivity index (χ1v) is 9.52. The number of nitrogens with one attached hydrogen (secondary N) is 1. The maximum atomic E-state index is 12.4. The van der Waals surface area contributed by atoms with Gasteiger partial charge in [-0.05, 0) is 68.8 Å². The van der Waals surface area contributed by atoms with Gasteiger partial charge in [0.25, 0.3) is 0 Å². The van der Waals surface area contributed by atoms with Crippen LogP contribution < -0.4 is 10.2 Å². The van der Waals surface area contributed by atoms with Crippen LogP contribution >= 0.6 is 0 Å². The lowest BCUT2D eigenvalue weighted by molar-refractivity contribution is 0.263. The third kappa shape index (κ3) is 3.83. The van der Waals surface area contributed by atoms with Crippen molar-refractivity contribution in [3.63, 3.8) is 0 Å². The molecule has 5 heteroatoms. The molecule has 4 rings (SSSR count). The van der Waals surface area contributed by atoms with Crippen molar-refractivity contribution in [2.75, 3.05) is 26.2 Å². The Morgan fingerprint density at radius 3 is 2.56 bits per heavy atom. The molecule has 5 nitrogen and oxygen atoms in total. The molecule has 0 saturated carbocycles. The summed E-state index contributed by atoms with van der Waals surface area (Å²) in [6.45, 7) is 4.20. The van der Waals surface area contributed by atoms with Gasteiger partial charge in [-0.2, -0.15) is 0 Å². The van der Waals surface area contributed by atoms with Gasteiger partial charge in [-0.25, -0.2) is 0 Å². The van der Waals surface area contributed by atoms with E-state index in [2.05, 4.69) is 9.88 Å². The molecule has 0 spiro atoms. The number of hydrogen-bond acceptors (Lipinski definition) is 4. The Hall–Kier alpha value is -2.79. The van der Waals surface area contributed by atoms with E-state index in [9.17, 15) is 9.90 Å². The van der Waals surface area contributed by atoms with Crippen LogP contribution in [-0.4, -0.2) is 41.2 Å². The first-order valence-electron chi connectivity index (χ1n) is 9.52. The summed E-state index contributed by atoms with van der Waals surface area (Å²) in [4.78, 5) is 18.0. The molecule has 0 radical (unpaired) electrons. The molecule has 0 amide bonds. The van der Waals surface area contributed by atoms with Crippen molar-refractivity contribution in [3.8, 4) is 22.8 Å². The number of benzene rings is 2. The first-order chi connectivity index (χ1) is 13.2. The van der Waals surface area contributed by atoms with Gasteiger partial charge in [0, 0.05) is 23.0 Å². The molecular formula is C22H24N2O3. The third-order valence-corrected chi connectivity index (χ3v) is 5.11. The van der Waals surface area contributed by atoms with Gasteiger partial charge in [0.15, 0.2) is 5.75 Å². The number of H-pyrrole nitrogens is 1. The summed E-state index contributed by atoms with van der Waals surface area (Å²) in [5.41, 5.74) is 1.53. The smallest absolute Gasteiger partial charge is 0.231 e. The molecule has 140 valence electrons. The number of hydrogen-bond donors (Lipinski definition) is 2. The minimum Gasteiger partial charge on any atom is -0.503 e. The standard InChI is InChI=1S/C22H24N2O3/c25-21-18-6-1-2-7-19(18)23-20(22(21)26)16-8-10-17(11-9-16)27-15-5-14-24-12-3-4-13-24/h1-2,6-11,26H,3-5,12-15H2,(H,23,25). The van der Waals surface area contributed by atoms with Crippen molar-refractivity contribution in [3.05, 3.63) is 58.8 Å². The Kier molecular flexibility index (Phi) is 5.12. The number of aromatic nitrogens is 1.